The van der Waals surface area contributed by atoms with Gasteiger partial charge in [-0.2, -0.15) is 10.2 Å². The topological polar surface area (TPSA) is 56.0 Å². The number of nitrogens with zero attached hydrogens (tertiary/aromatic N) is 5. The molecule has 0 N–H and O–H groups in total. The van der Waals surface area contributed by atoms with Crippen molar-refractivity contribution in [2.75, 3.05) is 0 Å². The standard InChI is InChI=1S/C19H21N5O/c1-2-23-18(10-11-20-23)19(25)22(16-8-9-16)13-15-12-21-24(14-15)17-6-4-3-5-7-17/h3-7,10-12,14,16H,2,8-9,13H2,1H3. The summed E-state index contributed by atoms with van der Waals surface area (Å²) in [5.41, 5.74) is 2.71. The Bertz CT molecular complexity index is 863. The summed E-state index contributed by atoms with van der Waals surface area (Å²) < 4.78 is 3.60. The highest BCUT2D eigenvalue weighted by Gasteiger charge is 2.34. The minimum Gasteiger partial charge on any atom is -0.330 e. The summed E-state index contributed by atoms with van der Waals surface area (Å²) in [4.78, 5) is 14.9. The molecule has 4 rings (SSSR count). The molecule has 25 heavy (non-hydrogen) atoms. The molecule has 1 amide bonds. The maximum Gasteiger partial charge on any atom is 0.272 e. The summed E-state index contributed by atoms with van der Waals surface area (Å²) in [6, 6.07) is 12.1. The van der Waals surface area contributed by atoms with E-state index in [2.05, 4.69) is 10.2 Å². The number of benzene rings is 1. The van der Waals surface area contributed by atoms with Crippen molar-refractivity contribution >= 4 is 5.91 Å². The second-order valence-corrected chi connectivity index (χ2v) is 6.33. The van der Waals surface area contributed by atoms with Crippen molar-refractivity contribution in [3.05, 3.63) is 66.2 Å². The highest BCUT2D eigenvalue weighted by Crippen LogP contribution is 2.30. The molecule has 0 aliphatic heterocycles. The maximum atomic E-state index is 13.0. The predicted molar refractivity (Wildman–Crippen MR) is 94.4 cm³/mol. The van der Waals surface area contributed by atoms with Crippen molar-refractivity contribution in [3.8, 4) is 5.69 Å². The fraction of sp³-hybridized carbons (Fsp3) is 0.316. The number of hydrogen-bond acceptors (Lipinski definition) is 3. The molecule has 1 aromatic carbocycles. The van der Waals surface area contributed by atoms with Crippen LogP contribution in [0.1, 0.15) is 35.8 Å². The van der Waals surface area contributed by atoms with Gasteiger partial charge in [0.2, 0.25) is 0 Å². The van der Waals surface area contributed by atoms with Gasteiger partial charge in [-0.25, -0.2) is 4.68 Å². The summed E-state index contributed by atoms with van der Waals surface area (Å²) in [6.07, 6.45) is 7.66. The first kappa shape index (κ1) is 15.6. The van der Waals surface area contributed by atoms with Gasteiger partial charge in [0.1, 0.15) is 5.69 Å². The summed E-state index contributed by atoms with van der Waals surface area (Å²) in [5, 5.41) is 8.66. The van der Waals surface area contributed by atoms with Gasteiger partial charge < -0.3 is 4.90 Å². The second kappa shape index (κ2) is 6.55. The molecule has 2 heterocycles. The van der Waals surface area contributed by atoms with E-state index in [1.807, 2.05) is 59.2 Å². The normalized spacial score (nSPS) is 13.8. The van der Waals surface area contributed by atoms with Gasteiger partial charge in [0.15, 0.2) is 0 Å². The van der Waals surface area contributed by atoms with E-state index in [1.54, 1.807) is 16.9 Å². The minimum atomic E-state index is 0.0503. The fourth-order valence-corrected chi connectivity index (χ4v) is 3.03. The first-order chi connectivity index (χ1) is 12.3. The molecular weight excluding hydrogens is 314 g/mol. The Balaban J connectivity index is 1.55. The molecule has 0 bridgehead atoms. The van der Waals surface area contributed by atoms with Crippen LogP contribution in [-0.4, -0.2) is 36.4 Å². The van der Waals surface area contributed by atoms with E-state index in [-0.39, 0.29) is 5.91 Å². The number of aryl methyl sites for hydroxylation is 1. The zero-order chi connectivity index (χ0) is 17.2. The van der Waals surface area contributed by atoms with Crippen LogP contribution in [0.15, 0.2) is 55.0 Å². The third-order valence-corrected chi connectivity index (χ3v) is 4.49. The van der Waals surface area contributed by atoms with Crippen molar-refractivity contribution in [2.45, 2.75) is 38.9 Å². The van der Waals surface area contributed by atoms with E-state index in [0.29, 0.717) is 24.8 Å². The van der Waals surface area contributed by atoms with Gasteiger partial charge in [-0.15, -0.1) is 0 Å². The Morgan fingerprint density at radius 2 is 2.00 bits per heavy atom. The lowest BCUT2D eigenvalue weighted by Crippen LogP contribution is -2.34. The summed E-state index contributed by atoms with van der Waals surface area (Å²) in [5.74, 6) is 0.0503. The maximum absolute atomic E-state index is 13.0. The number of aromatic nitrogens is 4. The highest BCUT2D eigenvalue weighted by molar-refractivity contribution is 5.93. The lowest BCUT2D eigenvalue weighted by Gasteiger charge is -2.22. The van der Waals surface area contributed by atoms with E-state index < -0.39 is 0 Å². The monoisotopic (exact) mass is 335 g/mol. The van der Waals surface area contributed by atoms with E-state index in [9.17, 15) is 4.79 Å². The molecule has 0 unspecified atom stereocenters. The van der Waals surface area contributed by atoms with Crippen LogP contribution >= 0.6 is 0 Å². The van der Waals surface area contributed by atoms with Crippen molar-refractivity contribution in [2.24, 2.45) is 0 Å². The van der Waals surface area contributed by atoms with E-state index in [4.69, 9.17) is 0 Å². The van der Waals surface area contributed by atoms with Crippen LogP contribution in [0.2, 0.25) is 0 Å². The molecule has 6 heteroatoms. The molecule has 1 aliphatic carbocycles. The van der Waals surface area contributed by atoms with Gasteiger partial charge in [0, 0.05) is 37.1 Å². The lowest BCUT2D eigenvalue weighted by molar-refractivity contribution is 0.0717. The van der Waals surface area contributed by atoms with Gasteiger partial charge in [-0.3, -0.25) is 9.48 Å². The van der Waals surface area contributed by atoms with Crippen molar-refractivity contribution in [1.82, 2.24) is 24.5 Å². The molecular formula is C19H21N5O. The highest BCUT2D eigenvalue weighted by atomic mass is 16.2. The van der Waals surface area contributed by atoms with Crippen LogP contribution < -0.4 is 0 Å². The van der Waals surface area contributed by atoms with Gasteiger partial charge in [-0.1, -0.05) is 18.2 Å². The SMILES string of the molecule is CCn1nccc1C(=O)N(Cc1cnn(-c2ccccc2)c1)C1CC1. The smallest absolute Gasteiger partial charge is 0.272 e. The average molecular weight is 335 g/mol. The zero-order valence-corrected chi connectivity index (χ0v) is 14.2. The van der Waals surface area contributed by atoms with Crippen LogP contribution in [-0.2, 0) is 13.1 Å². The molecule has 128 valence electrons. The van der Waals surface area contributed by atoms with Crippen LogP contribution in [0.25, 0.3) is 5.69 Å². The molecule has 0 spiro atoms. The van der Waals surface area contributed by atoms with E-state index in [0.717, 1.165) is 24.1 Å². The van der Waals surface area contributed by atoms with Crippen molar-refractivity contribution in [3.63, 3.8) is 0 Å². The van der Waals surface area contributed by atoms with Gasteiger partial charge in [0.25, 0.3) is 5.91 Å². The zero-order valence-electron chi connectivity index (χ0n) is 14.2. The Hall–Kier alpha value is -2.89. The number of rotatable bonds is 6. The fourth-order valence-electron chi connectivity index (χ4n) is 3.03. The lowest BCUT2D eigenvalue weighted by atomic mass is 10.2. The molecule has 0 saturated heterocycles. The summed E-state index contributed by atoms with van der Waals surface area (Å²) in [7, 11) is 0. The van der Waals surface area contributed by atoms with E-state index in [1.165, 1.54) is 0 Å². The van der Waals surface area contributed by atoms with Crippen LogP contribution in [0.5, 0.6) is 0 Å². The third kappa shape index (κ3) is 3.20. The Labute approximate surface area is 146 Å². The second-order valence-electron chi connectivity index (χ2n) is 6.33. The van der Waals surface area contributed by atoms with Crippen molar-refractivity contribution < 1.29 is 4.79 Å². The minimum absolute atomic E-state index is 0.0503. The Kier molecular flexibility index (Phi) is 4.09. The Morgan fingerprint density at radius 3 is 2.72 bits per heavy atom. The quantitative estimate of drug-likeness (QED) is 0.696. The molecule has 1 aliphatic rings. The molecule has 0 atom stereocenters. The van der Waals surface area contributed by atoms with Gasteiger partial charge in [-0.05, 0) is 38.0 Å². The van der Waals surface area contributed by atoms with Crippen molar-refractivity contribution in [1.29, 1.82) is 0 Å². The largest absolute Gasteiger partial charge is 0.330 e. The van der Waals surface area contributed by atoms with E-state index >= 15 is 0 Å². The number of carbonyl (C=O) groups is 1. The van der Waals surface area contributed by atoms with Gasteiger partial charge in [0.05, 0.1) is 11.9 Å². The molecule has 1 fully saturated rings. The van der Waals surface area contributed by atoms with Crippen LogP contribution in [0.3, 0.4) is 0 Å². The molecule has 2 aromatic heterocycles. The number of para-hydroxylation sites is 1. The Morgan fingerprint density at radius 1 is 1.20 bits per heavy atom. The molecule has 0 radical (unpaired) electrons. The van der Waals surface area contributed by atoms with Crippen LogP contribution in [0, 0.1) is 0 Å². The van der Waals surface area contributed by atoms with Gasteiger partial charge >= 0.3 is 0 Å². The average Bonchev–Trinajstić information content (AvgIpc) is 3.20. The molecule has 1 saturated carbocycles. The third-order valence-electron chi connectivity index (χ3n) is 4.49. The molecule has 6 nitrogen and oxygen atoms in total. The number of amides is 1. The first-order valence-electron chi connectivity index (χ1n) is 8.68. The first-order valence-corrected chi connectivity index (χ1v) is 8.68. The number of carbonyl (C=O) groups excluding carboxylic acids is 1. The number of hydrogen-bond donors (Lipinski definition) is 0. The molecule has 3 aromatic rings. The summed E-state index contributed by atoms with van der Waals surface area (Å²) >= 11 is 0. The van der Waals surface area contributed by atoms with Crippen LogP contribution in [0.4, 0.5) is 0 Å². The predicted octanol–water partition coefficient (Wildman–Crippen LogP) is 2.89. The summed E-state index contributed by atoms with van der Waals surface area (Å²) in [6.45, 7) is 3.26.